The lowest BCUT2D eigenvalue weighted by molar-refractivity contribution is 0.179. The summed E-state index contributed by atoms with van der Waals surface area (Å²) in [7, 11) is 0. The van der Waals surface area contributed by atoms with Crippen molar-refractivity contribution in [3.63, 3.8) is 0 Å². The average molecular weight is 179 g/mol. The smallest absolute Gasteiger partial charge is 0.0543 e. The molecule has 1 fully saturated rings. The van der Waals surface area contributed by atoms with Gasteiger partial charge in [0.15, 0.2) is 0 Å². The molecular formula is C6H11BrO. The van der Waals surface area contributed by atoms with Crippen molar-refractivity contribution in [3.8, 4) is 0 Å². The molecule has 0 bridgehead atoms. The van der Waals surface area contributed by atoms with Gasteiger partial charge in [-0.25, -0.2) is 0 Å². The molecule has 1 N–H and O–H groups in total. The maximum Gasteiger partial charge on any atom is 0.0543 e. The van der Waals surface area contributed by atoms with Crippen molar-refractivity contribution >= 4 is 15.9 Å². The molecule has 48 valence electrons. The second kappa shape index (κ2) is 2.83. The third-order valence-corrected chi connectivity index (χ3v) is 2.65. The fourth-order valence-corrected chi connectivity index (χ4v) is 1.78. The molecule has 1 aliphatic rings. The summed E-state index contributed by atoms with van der Waals surface area (Å²) in [6.45, 7) is 0. The SMILES string of the molecule is OC1CC[C@H](CBr)C1. The highest BCUT2D eigenvalue weighted by Gasteiger charge is 2.20. The van der Waals surface area contributed by atoms with Gasteiger partial charge in [0, 0.05) is 5.33 Å². The lowest BCUT2D eigenvalue weighted by Crippen LogP contribution is -2.00. The molecule has 2 atom stereocenters. The van der Waals surface area contributed by atoms with Gasteiger partial charge in [-0.05, 0) is 25.2 Å². The van der Waals surface area contributed by atoms with E-state index in [1.807, 2.05) is 0 Å². The number of rotatable bonds is 1. The Hall–Kier alpha value is 0.440. The molecule has 0 aromatic carbocycles. The van der Waals surface area contributed by atoms with Crippen molar-refractivity contribution in [1.82, 2.24) is 0 Å². The molecule has 1 nitrogen and oxygen atoms in total. The summed E-state index contributed by atoms with van der Waals surface area (Å²) in [6, 6.07) is 0. The van der Waals surface area contributed by atoms with Gasteiger partial charge in [-0.2, -0.15) is 0 Å². The molecule has 1 rings (SSSR count). The Morgan fingerprint density at radius 3 is 2.50 bits per heavy atom. The van der Waals surface area contributed by atoms with Crippen LogP contribution in [0.1, 0.15) is 19.3 Å². The summed E-state index contributed by atoms with van der Waals surface area (Å²) in [5, 5.41) is 10.1. The molecule has 0 aliphatic heterocycles. The largest absolute Gasteiger partial charge is 0.393 e. The van der Waals surface area contributed by atoms with Crippen molar-refractivity contribution in [1.29, 1.82) is 0 Å². The third kappa shape index (κ3) is 1.46. The van der Waals surface area contributed by atoms with Gasteiger partial charge in [-0.3, -0.25) is 0 Å². The molecule has 0 radical (unpaired) electrons. The van der Waals surface area contributed by atoms with E-state index in [9.17, 15) is 0 Å². The zero-order valence-corrected chi connectivity index (χ0v) is 6.39. The number of hydrogen-bond acceptors (Lipinski definition) is 1. The number of aliphatic hydroxyl groups is 1. The van der Waals surface area contributed by atoms with E-state index in [2.05, 4.69) is 15.9 Å². The molecule has 0 aromatic heterocycles. The van der Waals surface area contributed by atoms with Crippen LogP contribution in [0, 0.1) is 5.92 Å². The van der Waals surface area contributed by atoms with Crippen LogP contribution in [0.3, 0.4) is 0 Å². The number of halogens is 1. The fraction of sp³-hybridized carbons (Fsp3) is 1.00. The minimum Gasteiger partial charge on any atom is -0.393 e. The minimum absolute atomic E-state index is 0.00227. The molecule has 0 saturated heterocycles. The van der Waals surface area contributed by atoms with Crippen molar-refractivity contribution in [2.45, 2.75) is 25.4 Å². The van der Waals surface area contributed by atoms with E-state index in [0.29, 0.717) is 0 Å². The van der Waals surface area contributed by atoms with Gasteiger partial charge in [0.25, 0.3) is 0 Å². The Balaban J connectivity index is 2.22. The molecule has 0 spiro atoms. The second-order valence-corrected chi connectivity index (χ2v) is 3.13. The Kier molecular flexibility index (Phi) is 2.32. The molecule has 0 amide bonds. The molecular weight excluding hydrogens is 168 g/mol. The molecule has 0 heterocycles. The summed E-state index contributed by atoms with van der Waals surface area (Å²) in [5.41, 5.74) is 0. The summed E-state index contributed by atoms with van der Waals surface area (Å²) in [4.78, 5) is 0. The molecule has 2 heteroatoms. The van der Waals surface area contributed by atoms with Crippen LogP contribution in [0.5, 0.6) is 0 Å². The van der Waals surface area contributed by atoms with Crippen LogP contribution in [-0.2, 0) is 0 Å². The predicted octanol–water partition coefficient (Wildman–Crippen LogP) is 1.54. The number of aliphatic hydroxyl groups excluding tert-OH is 1. The van der Waals surface area contributed by atoms with Gasteiger partial charge in [-0.1, -0.05) is 15.9 Å². The van der Waals surface area contributed by atoms with Crippen molar-refractivity contribution in [3.05, 3.63) is 0 Å². The first-order valence-electron chi connectivity index (χ1n) is 3.07. The highest BCUT2D eigenvalue weighted by atomic mass is 79.9. The summed E-state index contributed by atoms with van der Waals surface area (Å²) in [5.74, 6) is 0.741. The van der Waals surface area contributed by atoms with Crippen LogP contribution < -0.4 is 0 Å². The molecule has 1 aliphatic carbocycles. The topological polar surface area (TPSA) is 20.2 Å². The fourth-order valence-electron chi connectivity index (χ4n) is 1.19. The molecule has 8 heavy (non-hydrogen) atoms. The monoisotopic (exact) mass is 178 g/mol. The van der Waals surface area contributed by atoms with Crippen LogP contribution in [0.2, 0.25) is 0 Å². The van der Waals surface area contributed by atoms with E-state index in [1.54, 1.807) is 0 Å². The van der Waals surface area contributed by atoms with Crippen LogP contribution in [0.25, 0.3) is 0 Å². The highest BCUT2D eigenvalue weighted by molar-refractivity contribution is 9.09. The van der Waals surface area contributed by atoms with E-state index >= 15 is 0 Å². The van der Waals surface area contributed by atoms with Crippen LogP contribution >= 0.6 is 15.9 Å². The number of hydrogen-bond donors (Lipinski definition) is 1. The lowest BCUT2D eigenvalue weighted by Gasteiger charge is -2.00. The molecule has 1 unspecified atom stereocenters. The van der Waals surface area contributed by atoms with Crippen LogP contribution in [0.4, 0.5) is 0 Å². The third-order valence-electron chi connectivity index (χ3n) is 1.73. The van der Waals surface area contributed by atoms with E-state index in [-0.39, 0.29) is 6.10 Å². The first-order chi connectivity index (χ1) is 3.83. The van der Waals surface area contributed by atoms with Gasteiger partial charge >= 0.3 is 0 Å². The minimum atomic E-state index is -0.00227. The van der Waals surface area contributed by atoms with Crippen molar-refractivity contribution in [2.75, 3.05) is 5.33 Å². The van der Waals surface area contributed by atoms with Gasteiger partial charge in [0.05, 0.1) is 6.10 Å². The van der Waals surface area contributed by atoms with E-state index in [0.717, 1.165) is 24.1 Å². The Morgan fingerprint density at radius 2 is 2.25 bits per heavy atom. The predicted molar refractivity (Wildman–Crippen MR) is 37.1 cm³/mol. The van der Waals surface area contributed by atoms with E-state index in [1.165, 1.54) is 6.42 Å². The van der Waals surface area contributed by atoms with Gasteiger partial charge < -0.3 is 5.11 Å². The maximum atomic E-state index is 9.01. The first-order valence-corrected chi connectivity index (χ1v) is 4.19. The quantitative estimate of drug-likeness (QED) is 0.605. The van der Waals surface area contributed by atoms with Crippen molar-refractivity contribution in [2.24, 2.45) is 5.92 Å². The summed E-state index contributed by atoms with van der Waals surface area (Å²) in [6.07, 6.45) is 3.21. The van der Waals surface area contributed by atoms with Crippen molar-refractivity contribution < 1.29 is 5.11 Å². The van der Waals surface area contributed by atoms with E-state index < -0.39 is 0 Å². The van der Waals surface area contributed by atoms with Crippen LogP contribution in [-0.4, -0.2) is 16.5 Å². The number of alkyl halides is 1. The molecule has 1 saturated carbocycles. The summed E-state index contributed by atoms with van der Waals surface area (Å²) >= 11 is 3.39. The highest BCUT2D eigenvalue weighted by Crippen LogP contribution is 2.26. The zero-order valence-electron chi connectivity index (χ0n) is 4.81. The Morgan fingerprint density at radius 1 is 1.50 bits per heavy atom. The van der Waals surface area contributed by atoms with E-state index in [4.69, 9.17) is 5.11 Å². The van der Waals surface area contributed by atoms with Gasteiger partial charge in [0.2, 0.25) is 0 Å². The zero-order chi connectivity index (χ0) is 5.98. The van der Waals surface area contributed by atoms with Gasteiger partial charge in [0.1, 0.15) is 0 Å². The van der Waals surface area contributed by atoms with Gasteiger partial charge in [-0.15, -0.1) is 0 Å². The van der Waals surface area contributed by atoms with Crippen LogP contribution in [0.15, 0.2) is 0 Å². The molecule has 0 aromatic rings. The lowest BCUT2D eigenvalue weighted by atomic mass is 10.1. The maximum absolute atomic E-state index is 9.01. The standard InChI is InChI=1S/C6H11BrO/c7-4-5-1-2-6(8)3-5/h5-6,8H,1-4H2/t5-,6?/m0/s1. The Bertz CT molecular complexity index is 74.9. The Labute approximate surface area is 58.2 Å². The average Bonchev–Trinajstić information content (AvgIpc) is 2.14. The summed E-state index contributed by atoms with van der Waals surface area (Å²) < 4.78 is 0. The normalized spacial score (nSPS) is 38.2. The first kappa shape index (κ1) is 6.56. The second-order valence-electron chi connectivity index (χ2n) is 2.49.